The predicted molar refractivity (Wildman–Crippen MR) is 99.9 cm³/mol. The van der Waals surface area contributed by atoms with Crippen molar-refractivity contribution in [2.45, 2.75) is 42.7 Å². The Morgan fingerprint density at radius 1 is 1.29 bits per heavy atom. The summed E-state index contributed by atoms with van der Waals surface area (Å²) < 4.78 is 2.84. The van der Waals surface area contributed by atoms with Gasteiger partial charge in [-0.05, 0) is 6.42 Å². The first-order valence-electron chi connectivity index (χ1n) is 7.59. The zero-order chi connectivity index (χ0) is 17.4. The van der Waals surface area contributed by atoms with Gasteiger partial charge in [-0.15, -0.1) is 27.0 Å². The molecule has 0 unspecified atom stereocenters. The largest absolute Gasteiger partial charge is 0.302 e. The van der Waals surface area contributed by atoms with E-state index in [1.807, 2.05) is 11.5 Å². The van der Waals surface area contributed by atoms with Crippen LogP contribution >= 0.6 is 34.9 Å². The number of hydrogen-bond donors (Lipinski definition) is 1. The highest BCUT2D eigenvalue weighted by molar-refractivity contribution is 8.01. The number of anilines is 1. The molecule has 0 aliphatic heterocycles. The number of aromatic nitrogens is 5. The first-order valence-corrected chi connectivity index (χ1v) is 10.4. The molecule has 0 spiro atoms. The van der Waals surface area contributed by atoms with Gasteiger partial charge < -0.3 is 4.57 Å². The van der Waals surface area contributed by atoms with E-state index in [2.05, 4.69) is 39.2 Å². The van der Waals surface area contributed by atoms with Crippen LogP contribution in [0.3, 0.4) is 0 Å². The number of carbonyl (C=O) groups excluding carboxylic acids is 1. The van der Waals surface area contributed by atoms with E-state index in [0.717, 1.165) is 33.9 Å². The minimum Gasteiger partial charge on any atom is -0.302 e. The Hall–Kier alpha value is -1.39. The zero-order valence-electron chi connectivity index (χ0n) is 13.7. The molecule has 0 aliphatic rings. The van der Waals surface area contributed by atoms with E-state index in [1.165, 1.54) is 23.1 Å². The third-order valence-corrected chi connectivity index (χ3v) is 5.98. The molecule has 0 aromatic carbocycles. The maximum atomic E-state index is 12.1. The molecule has 2 aromatic heterocycles. The van der Waals surface area contributed by atoms with Crippen LogP contribution < -0.4 is 5.32 Å². The van der Waals surface area contributed by atoms with Gasteiger partial charge in [-0.25, -0.2) is 0 Å². The smallest absolute Gasteiger partial charge is 0.236 e. The Kier molecular flexibility index (Phi) is 7.73. The second kappa shape index (κ2) is 9.80. The van der Waals surface area contributed by atoms with Gasteiger partial charge in [-0.2, -0.15) is 0 Å². The Labute approximate surface area is 153 Å². The van der Waals surface area contributed by atoms with Crippen LogP contribution in [0.1, 0.15) is 26.1 Å². The summed E-state index contributed by atoms with van der Waals surface area (Å²) in [6.07, 6.45) is 3.66. The van der Waals surface area contributed by atoms with Gasteiger partial charge in [-0.3, -0.25) is 10.1 Å². The molecule has 0 radical (unpaired) electrons. The summed E-state index contributed by atoms with van der Waals surface area (Å²) in [6.45, 7) is 8.52. The van der Waals surface area contributed by atoms with Gasteiger partial charge in [0.15, 0.2) is 9.50 Å². The summed E-state index contributed by atoms with van der Waals surface area (Å²) in [7, 11) is 0. The number of amides is 1. The van der Waals surface area contributed by atoms with Gasteiger partial charge in [0, 0.05) is 18.7 Å². The number of nitrogens with zero attached hydrogens (tertiary/aromatic N) is 5. The molecule has 0 aliphatic carbocycles. The van der Waals surface area contributed by atoms with Crippen LogP contribution in [-0.2, 0) is 17.8 Å². The molecular weight excluding hydrogens is 364 g/mol. The summed E-state index contributed by atoms with van der Waals surface area (Å²) in [6, 6.07) is 0. The number of allylic oxidation sites excluding steroid dienone is 1. The molecule has 1 amide bonds. The molecule has 7 nitrogen and oxygen atoms in total. The molecule has 0 bridgehead atoms. The maximum Gasteiger partial charge on any atom is 0.236 e. The van der Waals surface area contributed by atoms with Gasteiger partial charge >= 0.3 is 0 Å². The fraction of sp³-hybridized carbons (Fsp3) is 0.500. The first-order chi connectivity index (χ1) is 11.7. The number of thioether (sulfide) groups is 2. The van der Waals surface area contributed by atoms with Crippen molar-refractivity contribution in [3.8, 4) is 0 Å². The lowest BCUT2D eigenvalue weighted by atomic mass is 10.4. The van der Waals surface area contributed by atoms with Crippen molar-refractivity contribution in [3.05, 3.63) is 18.5 Å². The molecule has 0 saturated carbocycles. The van der Waals surface area contributed by atoms with Crippen LogP contribution in [0.2, 0.25) is 0 Å². The summed E-state index contributed by atoms with van der Waals surface area (Å²) in [5.41, 5.74) is 0. The highest BCUT2D eigenvalue weighted by Gasteiger charge is 2.13. The van der Waals surface area contributed by atoms with Crippen molar-refractivity contribution in [2.75, 3.05) is 16.8 Å². The average Bonchev–Trinajstić information content (AvgIpc) is 3.18. The third kappa shape index (κ3) is 5.32. The molecule has 2 heterocycles. The van der Waals surface area contributed by atoms with E-state index < -0.39 is 0 Å². The Morgan fingerprint density at radius 2 is 2.12 bits per heavy atom. The summed E-state index contributed by atoms with van der Waals surface area (Å²) in [5.74, 6) is 2.00. The SMILES string of the molecule is C=CCn1c(CC)nnc1SCC(=O)Nc1nnc(SCCC)s1. The lowest BCUT2D eigenvalue weighted by molar-refractivity contribution is -0.113. The monoisotopic (exact) mass is 384 g/mol. The topological polar surface area (TPSA) is 85.6 Å². The van der Waals surface area contributed by atoms with E-state index in [0.29, 0.717) is 11.7 Å². The number of carbonyl (C=O) groups is 1. The van der Waals surface area contributed by atoms with Crippen LogP contribution in [0.15, 0.2) is 22.2 Å². The lowest BCUT2D eigenvalue weighted by Crippen LogP contribution is -2.14. The van der Waals surface area contributed by atoms with Gasteiger partial charge in [0.05, 0.1) is 5.75 Å². The number of rotatable bonds is 10. The molecule has 0 saturated heterocycles. The average molecular weight is 385 g/mol. The van der Waals surface area contributed by atoms with E-state index in [1.54, 1.807) is 17.8 Å². The highest BCUT2D eigenvalue weighted by Crippen LogP contribution is 2.26. The van der Waals surface area contributed by atoms with Gasteiger partial charge in [0.25, 0.3) is 0 Å². The van der Waals surface area contributed by atoms with Gasteiger partial charge in [-0.1, -0.05) is 54.8 Å². The summed E-state index contributed by atoms with van der Waals surface area (Å²) in [5, 5.41) is 20.3. The highest BCUT2D eigenvalue weighted by atomic mass is 32.2. The lowest BCUT2D eigenvalue weighted by Gasteiger charge is -2.05. The Balaban J connectivity index is 1.88. The molecule has 130 valence electrons. The van der Waals surface area contributed by atoms with Crippen molar-refractivity contribution in [1.82, 2.24) is 25.0 Å². The van der Waals surface area contributed by atoms with Crippen molar-refractivity contribution in [2.24, 2.45) is 0 Å². The zero-order valence-corrected chi connectivity index (χ0v) is 16.1. The van der Waals surface area contributed by atoms with Gasteiger partial charge in [0.2, 0.25) is 11.0 Å². The fourth-order valence-electron chi connectivity index (χ4n) is 1.79. The molecule has 0 fully saturated rings. The van der Waals surface area contributed by atoms with Crippen LogP contribution in [-0.4, -0.2) is 42.4 Å². The standard InChI is InChI=1S/C14H20N6OS3/c1-4-7-20-10(6-3)16-18-13(20)23-9-11(21)15-12-17-19-14(24-12)22-8-5-2/h4H,1,5-9H2,2-3H3,(H,15,17,21). The fourth-order valence-corrected chi connectivity index (χ4v) is 4.25. The van der Waals surface area contributed by atoms with Crippen LogP contribution in [0.5, 0.6) is 0 Å². The third-order valence-electron chi connectivity index (χ3n) is 2.84. The first kappa shape index (κ1) is 18.9. The van der Waals surface area contributed by atoms with Crippen molar-refractivity contribution >= 4 is 45.9 Å². The Bertz CT molecular complexity index is 684. The Morgan fingerprint density at radius 3 is 2.83 bits per heavy atom. The van der Waals surface area contributed by atoms with Crippen LogP contribution in [0, 0.1) is 0 Å². The second-order valence-corrected chi connectivity index (χ2v) is 7.97. The number of hydrogen-bond acceptors (Lipinski definition) is 8. The molecule has 10 heteroatoms. The summed E-state index contributed by atoms with van der Waals surface area (Å²) >= 11 is 4.40. The molecule has 2 rings (SSSR count). The second-order valence-electron chi connectivity index (χ2n) is 4.71. The quantitative estimate of drug-likeness (QED) is 0.383. The van der Waals surface area contributed by atoms with Crippen molar-refractivity contribution in [3.63, 3.8) is 0 Å². The van der Waals surface area contributed by atoms with E-state index in [-0.39, 0.29) is 11.7 Å². The summed E-state index contributed by atoms with van der Waals surface area (Å²) in [4.78, 5) is 12.1. The van der Waals surface area contributed by atoms with E-state index in [4.69, 9.17) is 0 Å². The molecule has 24 heavy (non-hydrogen) atoms. The van der Waals surface area contributed by atoms with Crippen LogP contribution in [0.4, 0.5) is 5.13 Å². The minimum absolute atomic E-state index is 0.130. The van der Waals surface area contributed by atoms with Crippen LogP contribution in [0.25, 0.3) is 0 Å². The minimum atomic E-state index is -0.130. The van der Waals surface area contributed by atoms with Gasteiger partial charge in [0.1, 0.15) is 5.82 Å². The molecular formula is C14H20N6OS3. The number of nitrogens with one attached hydrogen (secondary N) is 1. The molecule has 2 aromatic rings. The van der Waals surface area contributed by atoms with E-state index in [9.17, 15) is 4.79 Å². The maximum absolute atomic E-state index is 12.1. The molecule has 1 N–H and O–H groups in total. The van der Waals surface area contributed by atoms with Crippen molar-refractivity contribution < 1.29 is 4.79 Å². The number of aryl methyl sites for hydroxylation is 1. The normalized spacial score (nSPS) is 10.8. The van der Waals surface area contributed by atoms with E-state index >= 15 is 0 Å². The van der Waals surface area contributed by atoms with Crippen molar-refractivity contribution in [1.29, 1.82) is 0 Å². The predicted octanol–water partition coefficient (Wildman–Crippen LogP) is 3.11. The molecule has 0 atom stereocenters.